The summed E-state index contributed by atoms with van der Waals surface area (Å²) in [6.45, 7) is 1.64. The molecule has 0 radical (unpaired) electrons. The topological polar surface area (TPSA) is 32.3 Å². The van der Waals surface area contributed by atoms with Gasteiger partial charge in [0.2, 0.25) is 5.91 Å². The molecule has 1 N–H and O–H groups in total. The quantitative estimate of drug-likeness (QED) is 0.714. The molecule has 0 saturated heterocycles. The summed E-state index contributed by atoms with van der Waals surface area (Å²) < 4.78 is 0. The van der Waals surface area contributed by atoms with E-state index in [1.165, 1.54) is 5.56 Å². The van der Waals surface area contributed by atoms with Crippen molar-refractivity contribution in [3.8, 4) is 0 Å². The van der Waals surface area contributed by atoms with E-state index in [0.29, 0.717) is 6.42 Å². The number of nitrogens with one attached hydrogen (secondary N) is 1. The van der Waals surface area contributed by atoms with Gasteiger partial charge in [-0.3, -0.25) is 4.79 Å². The van der Waals surface area contributed by atoms with E-state index in [1.54, 1.807) is 0 Å². The van der Waals surface area contributed by atoms with Crippen molar-refractivity contribution in [2.24, 2.45) is 0 Å². The standard InChI is InChI=1S/C15H24N2O/c1-17(2)13-12-16-15(18)11-7-6-10-14-8-4-3-5-9-14/h3-5,8-9H,6-7,10-13H2,1-2H3,(H,16,18). The summed E-state index contributed by atoms with van der Waals surface area (Å²) in [5.41, 5.74) is 1.35. The van der Waals surface area contributed by atoms with E-state index in [2.05, 4.69) is 34.5 Å². The predicted octanol–water partition coefficient (Wildman–Crippen LogP) is 2.08. The fourth-order valence-electron chi connectivity index (χ4n) is 1.77. The van der Waals surface area contributed by atoms with Crippen molar-refractivity contribution < 1.29 is 4.79 Å². The van der Waals surface area contributed by atoms with Gasteiger partial charge in [0, 0.05) is 19.5 Å². The SMILES string of the molecule is CN(C)CCNC(=O)CCCCc1ccccc1. The van der Waals surface area contributed by atoms with Gasteiger partial charge in [-0.05, 0) is 38.9 Å². The van der Waals surface area contributed by atoms with Gasteiger partial charge in [-0.15, -0.1) is 0 Å². The molecule has 1 rings (SSSR count). The molecule has 0 aliphatic carbocycles. The number of unbranched alkanes of at least 4 members (excludes halogenated alkanes) is 1. The first-order valence-corrected chi connectivity index (χ1v) is 6.64. The fourth-order valence-corrected chi connectivity index (χ4v) is 1.77. The predicted molar refractivity (Wildman–Crippen MR) is 75.6 cm³/mol. The number of aryl methyl sites for hydroxylation is 1. The van der Waals surface area contributed by atoms with Gasteiger partial charge < -0.3 is 10.2 Å². The van der Waals surface area contributed by atoms with Crippen LogP contribution in [0.1, 0.15) is 24.8 Å². The summed E-state index contributed by atoms with van der Waals surface area (Å²) in [6, 6.07) is 10.4. The Balaban J connectivity index is 2.02. The molecule has 1 aromatic carbocycles. The molecule has 3 heteroatoms. The smallest absolute Gasteiger partial charge is 0.220 e. The van der Waals surface area contributed by atoms with E-state index in [-0.39, 0.29) is 5.91 Å². The van der Waals surface area contributed by atoms with Crippen LogP contribution in [-0.2, 0) is 11.2 Å². The van der Waals surface area contributed by atoms with E-state index in [4.69, 9.17) is 0 Å². The zero-order chi connectivity index (χ0) is 13.2. The van der Waals surface area contributed by atoms with E-state index >= 15 is 0 Å². The van der Waals surface area contributed by atoms with Gasteiger partial charge in [-0.2, -0.15) is 0 Å². The fraction of sp³-hybridized carbons (Fsp3) is 0.533. The molecule has 3 nitrogen and oxygen atoms in total. The van der Waals surface area contributed by atoms with Crippen molar-refractivity contribution >= 4 is 5.91 Å². The van der Waals surface area contributed by atoms with Gasteiger partial charge in [0.25, 0.3) is 0 Å². The van der Waals surface area contributed by atoms with E-state index in [1.807, 2.05) is 20.2 Å². The molecule has 0 atom stereocenters. The monoisotopic (exact) mass is 248 g/mol. The number of carbonyl (C=O) groups is 1. The van der Waals surface area contributed by atoms with Crippen molar-refractivity contribution in [1.82, 2.24) is 10.2 Å². The average Bonchev–Trinajstić information content (AvgIpc) is 2.35. The second-order valence-corrected chi connectivity index (χ2v) is 4.85. The first-order valence-electron chi connectivity index (χ1n) is 6.64. The van der Waals surface area contributed by atoms with E-state index in [0.717, 1.165) is 32.4 Å². The van der Waals surface area contributed by atoms with Crippen LogP contribution in [0, 0.1) is 0 Å². The van der Waals surface area contributed by atoms with Gasteiger partial charge >= 0.3 is 0 Å². The zero-order valence-electron chi connectivity index (χ0n) is 11.5. The molecule has 0 fully saturated rings. The van der Waals surface area contributed by atoms with Crippen LogP contribution in [0.4, 0.5) is 0 Å². The van der Waals surface area contributed by atoms with Crippen molar-refractivity contribution in [2.45, 2.75) is 25.7 Å². The Labute approximate surface area is 110 Å². The number of likely N-dealkylation sites (N-methyl/N-ethyl adjacent to an activating group) is 1. The van der Waals surface area contributed by atoms with Crippen LogP contribution in [0.5, 0.6) is 0 Å². The molecule has 100 valence electrons. The lowest BCUT2D eigenvalue weighted by Crippen LogP contribution is -2.31. The average molecular weight is 248 g/mol. The summed E-state index contributed by atoms with van der Waals surface area (Å²) >= 11 is 0. The molecule has 0 aromatic heterocycles. The number of carbonyl (C=O) groups excluding carboxylic acids is 1. The number of benzene rings is 1. The van der Waals surface area contributed by atoms with Crippen LogP contribution >= 0.6 is 0 Å². The first kappa shape index (κ1) is 14.7. The minimum absolute atomic E-state index is 0.171. The van der Waals surface area contributed by atoms with Crippen molar-refractivity contribution in [2.75, 3.05) is 27.2 Å². The van der Waals surface area contributed by atoms with Gasteiger partial charge in [0.1, 0.15) is 0 Å². The summed E-state index contributed by atoms with van der Waals surface area (Å²) in [7, 11) is 4.01. The summed E-state index contributed by atoms with van der Waals surface area (Å²) in [5, 5.41) is 2.93. The lowest BCUT2D eigenvalue weighted by atomic mass is 10.1. The van der Waals surface area contributed by atoms with Gasteiger partial charge in [-0.1, -0.05) is 30.3 Å². The third-order valence-corrected chi connectivity index (χ3v) is 2.84. The maximum atomic E-state index is 11.5. The van der Waals surface area contributed by atoms with E-state index < -0.39 is 0 Å². The summed E-state index contributed by atoms with van der Waals surface area (Å²) in [6.07, 6.45) is 3.74. The maximum absolute atomic E-state index is 11.5. The summed E-state index contributed by atoms with van der Waals surface area (Å²) in [5.74, 6) is 0.171. The second-order valence-electron chi connectivity index (χ2n) is 4.85. The molecular formula is C15H24N2O. The maximum Gasteiger partial charge on any atom is 0.220 e. The van der Waals surface area contributed by atoms with Crippen molar-refractivity contribution in [1.29, 1.82) is 0 Å². The molecule has 0 heterocycles. The van der Waals surface area contributed by atoms with Crippen LogP contribution < -0.4 is 5.32 Å². The molecule has 1 amide bonds. The Kier molecular flexibility index (Phi) is 7.11. The highest BCUT2D eigenvalue weighted by atomic mass is 16.1. The molecule has 0 saturated carbocycles. The van der Waals surface area contributed by atoms with Crippen LogP contribution in [-0.4, -0.2) is 38.0 Å². The first-order chi connectivity index (χ1) is 8.68. The largest absolute Gasteiger partial charge is 0.355 e. The normalized spacial score (nSPS) is 10.6. The highest BCUT2D eigenvalue weighted by Crippen LogP contribution is 2.05. The third kappa shape index (κ3) is 7.07. The minimum Gasteiger partial charge on any atom is -0.355 e. The number of nitrogens with zero attached hydrogens (tertiary/aromatic N) is 1. The molecule has 18 heavy (non-hydrogen) atoms. The second kappa shape index (κ2) is 8.70. The van der Waals surface area contributed by atoms with Gasteiger partial charge in [0.15, 0.2) is 0 Å². The molecule has 0 aliphatic rings. The van der Waals surface area contributed by atoms with Crippen LogP contribution in [0.3, 0.4) is 0 Å². The Hall–Kier alpha value is -1.35. The third-order valence-electron chi connectivity index (χ3n) is 2.84. The Morgan fingerprint density at radius 2 is 1.89 bits per heavy atom. The molecule has 0 spiro atoms. The summed E-state index contributed by atoms with van der Waals surface area (Å²) in [4.78, 5) is 13.6. The van der Waals surface area contributed by atoms with Gasteiger partial charge in [0.05, 0.1) is 0 Å². The zero-order valence-corrected chi connectivity index (χ0v) is 11.5. The van der Waals surface area contributed by atoms with Crippen LogP contribution in [0.15, 0.2) is 30.3 Å². The van der Waals surface area contributed by atoms with Crippen molar-refractivity contribution in [3.05, 3.63) is 35.9 Å². The highest BCUT2D eigenvalue weighted by molar-refractivity contribution is 5.75. The molecule has 1 aromatic rings. The lowest BCUT2D eigenvalue weighted by Gasteiger charge is -2.10. The Morgan fingerprint density at radius 3 is 2.56 bits per heavy atom. The number of rotatable bonds is 8. The molecule has 0 unspecified atom stereocenters. The number of hydrogen-bond acceptors (Lipinski definition) is 2. The molecule has 0 aliphatic heterocycles. The Bertz CT molecular complexity index is 336. The molecule has 0 bridgehead atoms. The lowest BCUT2D eigenvalue weighted by molar-refractivity contribution is -0.121. The Morgan fingerprint density at radius 1 is 1.17 bits per heavy atom. The van der Waals surface area contributed by atoms with Crippen molar-refractivity contribution in [3.63, 3.8) is 0 Å². The molecular weight excluding hydrogens is 224 g/mol. The van der Waals surface area contributed by atoms with Crippen LogP contribution in [0.25, 0.3) is 0 Å². The highest BCUT2D eigenvalue weighted by Gasteiger charge is 2.01. The van der Waals surface area contributed by atoms with E-state index in [9.17, 15) is 4.79 Å². The number of hydrogen-bond donors (Lipinski definition) is 1. The van der Waals surface area contributed by atoms with Gasteiger partial charge in [-0.25, -0.2) is 0 Å². The number of amides is 1. The minimum atomic E-state index is 0.171. The van der Waals surface area contributed by atoms with Crippen LogP contribution in [0.2, 0.25) is 0 Å².